The summed E-state index contributed by atoms with van der Waals surface area (Å²) < 4.78 is 5.54. The largest absolute Gasteiger partial charge is 0.481 e. The van der Waals surface area contributed by atoms with Crippen molar-refractivity contribution in [3.8, 4) is 11.1 Å². The molecule has 28 nitrogen and oxygen atoms in total. The molecule has 29 heteroatoms. The van der Waals surface area contributed by atoms with E-state index in [1.165, 1.54) is 33.3 Å². The number of alkyl carbamates (subject to hydrolysis) is 1. The zero-order valence-corrected chi connectivity index (χ0v) is 42.1. The van der Waals surface area contributed by atoms with Crippen molar-refractivity contribution < 1.29 is 83.0 Å². The molecule has 0 spiro atoms. The van der Waals surface area contributed by atoms with Crippen LogP contribution in [0.4, 0.5) is 4.79 Å². The van der Waals surface area contributed by atoms with Crippen molar-refractivity contribution in [3.63, 3.8) is 0 Å². The van der Waals surface area contributed by atoms with Gasteiger partial charge in [0.25, 0.3) is 0 Å². The zero-order chi connectivity index (χ0) is 56.2. The van der Waals surface area contributed by atoms with Crippen LogP contribution in [0.1, 0.15) is 49.9 Å². The van der Waals surface area contributed by atoms with Crippen LogP contribution in [-0.4, -0.2) is 188 Å². The Labute approximate surface area is 439 Å². The van der Waals surface area contributed by atoms with Crippen LogP contribution in [0.2, 0.25) is 0 Å². The molecular weight excluding hydrogens is 1020 g/mol. The van der Waals surface area contributed by atoms with Crippen molar-refractivity contribution in [1.82, 2.24) is 57.8 Å². The Balaban J connectivity index is 1.35. The van der Waals surface area contributed by atoms with Crippen LogP contribution in [0.3, 0.4) is 0 Å². The number of H-pyrrole nitrogens is 1. The van der Waals surface area contributed by atoms with E-state index in [4.69, 9.17) is 14.9 Å². The highest BCUT2D eigenvalue weighted by atomic mass is 32.1. The fraction of sp³-hybridized carbons (Fsp3) is 0.447. The number of amides is 9. The molecule has 8 atom stereocenters. The summed E-state index contributed by atoms with van der Waals surface area (Å²) in [4.78, 5) is 148. The van der Waals surface area contributed by atoms with Crippen LogP contribution in [-0.2, 0) is 59.1 Å². The van der Waals surface area contributed by atoms with E-state index in [1.807, 2.05) is 64.5 Å². The third kappa shape index (κ3) is 17.2. The van der Waals surface area contributed by atoms with Gasteiger partial charge in [0.1, 0.15) is 61.5 Å². The standard InChI is InChI=1S/C47H61N11O17S/c1-22(2)38(46(73)56-34(18-61)44(71)54-32(16-59)43(70)53-31(13-36(62)63)40(67)49-15-37(64)65)58-39(66)23(3)51-41(68)30(12-24-14-48-21-50-24)52-42(69)33(17-60)55-45(72)35(20-76)57-47(74)75-19-29-27-10-6-4-8-25(27)26-9-5-7-11-28(26)29/h4-11,14,21-23,29-35,38,59-61,76H,12-13,15-20H2,1-3H3,(H,48,50)(H,49,67)(H,51,68)(H,52,69)(H,53,70)(H,54,71)(H,55,72)(H,56,73)(H,57,74)(H,58,66)(H,62,63)(H,64,65)/t23-,30-,31-,32-,33-,34-,35-,38-/m0/s1. The second-order valence-electron chi connectivity index (χ2n) is 17.5. The third-order valence-corrected chi connectivity index (χ3v) is 12.0. The van der Waals surface area contributed by atoms with Gasteiger partial charge in [-0.2, -0.15) is 12.6 Å². The molecule has 0 fully saturated rings. The predicted molar refractivity (Wildman–Crippen MR) is 266 cm³/mol. The van der Waals surface area contributed by atoms with Gasteiger partial charge in [0.2, 0.25) is 47.3 Å². The Morgan fingerprint density at radius 3 is 1.55 bits per heavy atom. The number of hydrogen-bond donors (Lipinski definition) is 16. The monoisotopic (exact) mass is 1080 g/mol. The lowest BCUT2D eigenvalue weighted by molar-refractivity contribution is -0.142. The van der Waals surface area contributed by atoms with Crippen LogP contribution in [0, 0.1) is 5.92 Å². The number of fused-ring (bicyclic) bond motifs is 3. The molecular formula is C47H61N11O17S. The molecule has 76 heavy (non-hydrogen) atoms. The second-order valence-corrected chi connectivity index (χ2v) is 17.9. The first kappa shape index (κ1) is 60.4. The lowest BCUT2D eigenvalue weighted by atomic mass is 9.98. The number of nitrogens with zero attached hydrogens (tertiary/aromatic N) is 1. The van der Waals surface area contributed by atoms with Crippen LogP contribution >= 0.6 is 12.6 Å². The second kappa shape index (κ2) is 29.1. The number of carbonyl (C=O) groups excluding carboxylic acids is 9. The van der Waals surface area contributed by atoms with Crippen LogP contribution in [0.25, 0.3) is 11.1 Å². The van der Waals surface area contributed by atoms with Gasteiger partial charge in [-0.15, -0.1) is 0 Å². The predicted octanol–water partition coefficient (Wildman–Crippen LogP) is -4.49. The number of aromatic amines is 1. The number of carbonyl (C=O) groups is 11. The van der Waals surface area contributed by atoms with E-state index in [2.05, 4.69) is 54.5 Å². The third-order valence-electron chi connectivity index (χ3n) is 11.6. The number of rotatable bonds is 29. The molecule has 1 aliphatic rings. The van der Waals surface area contributed by atoms with Crippen molar-refractivity contribution in [2.45, 2.75) is 87.9 Å². The van der Waals surface area contributed by atoms with Gasteiger partial charge in [-0.25, -0.2) is 9.78 Å². The molecule has 15 N–H and O–H groups in total. The number of benzene rings is 2. The highest BCUT2D eigenvalue weighted by molar-refractivity contribution is 7.80. The molecule has 0 bridgehead atoms. The van der Waals surface area contributed by atoms with Crippen LogP contribution in [0.15, 0.2) is 61.1 Å². The summed E-state index contributed by atoms with van der Waals surface area (Å²) in [7, 11) is 0. The Bertz CT molecular complexity index is 2540. The fourth-order valence-electron chi connectivity index (χ4n) is 7.60. The summed E-state index contributed by atoms with van der Waals surface area (Å²) >= 11 is 4.17. The lowest BCUT2D eigenvalue weighted by Crippen LogP contribution is -2.62. The maximum absolute atomic E-state index is 13.8. The summed E-state index contributed by atoms with van der Waals surface area (Å²) in [5.41, 5.74) is 4.26. The summed E-state index contributed by atoms with van der Waals surface area (Å²) in [6.07, 6.45) is 0.399. The number of aliphatic hydroxyl groups excluding tert-OH is 3. The van der Waals surface area contributed by atoms with Gasteiger partial charge >= 0.3 is 18.0 Å². The van der Waals surface area contributed by atoms with E-state index in [0.29, 0.717) is 5.69 Å². The Morgan fingerprint density at radius 1 is 0.592 bits per heavy atom. The Kier molecular flexibility index (Phi) is 23.1. The van der Waals surface area contributed by atoms with Gasteiger partial charge in [-0.1, -0.05) is 62.4 Å². The summed E-state index contributed by atoms with van der Waals surface area (Å²) in [5, 5.41) is 68.1. The van der Waals surface area contributed by atoms with Crippen molar-refractivity contribution in [3.05, 3.63) is 77.9 Å². The first-order valence-electron chi connectivity index (χ1n) is 23.5. The van der Waals surface area contributed by atoms with E-state index < -0.39 is 152 Å². The number of thiol groups is 1. The number of ether oxygens (including phenoxy) is 1. The average Bonchev–Trinajstić information content (AvgIpc) is 4.03. The van der Waals surface area contributed by atoms with Crippen molar-refractivity contribution in [2.24, 2.45) is 5.92 Å². The maximum atomic E-state index is 13.8. The van der Waals surface area contributed by atoms with Gasteiger partial charge in [-0.3, -0.25) is 47.9 Å². The van der Waals surface area contributed by atoms with Crippen molar-refractivity contribution in [2.75, 3.05) is 38.7 Å². The molecule has 4 rings (SSSR count). The minimum atomic E-state index is -1.89. The molecule has 3 aromatic rings. The van der Waals surface area contributed by atoms with Gasteiger partial charge in [0.05, 0.1) is 32.6 Å². The summed E-state index contributed by atoms with van der Waals surface area (Å²) in [5.74, 6) is -13.0. The van der Waals surface area contributed by atoms with E-state index in [9.17, 15) is 68.1 Å². The minimum Gasteiger partial charge on any atom is -0.481 e. The SMILES string of the molecule is CC(C)[C@H](NC(=O)[C@H](C)NC(=O)[C@H](Cc1cnc[nH]1)NC(=O)[C@H](CO)NC(=O)[C@H](CS)NC(=O)OCC1c2ccccc2-c2ccccc21)C(=O)N[C@@H](CO)C(=O)N[C@@H](CO)C(=O)N[C@@H](CC(=O)O)C(=O)NCC(=O)O. The number of aliphatic hydroxyl groups is 3. The molecule has 0 saturated heterocycles. The topological polar surface area (TPSA) is 435 Å². The van der Waals surface area contributed by atoms with E-state index in [0.717, 1.165) is 22.3 Å². The minimum absolute atomic E-state index is 0.0612. The number of hydrogen-bond acceptors (Lipinski definition) is 17. The molecule has 1 heterocycles. The number of carboxylic acid groups (broad SMARTS) is 2. The van der Waals surface area contributed by atoms with Gasteiger partial charge < -0.3 is 83.1 Å². The quantitative estimate of drug-likeness (QED) is 0.0291. The van der Waals surface area contributed by atoms with Gasteiger partial charge in [0, 0.05) is 30.0 Å². The lowest BCUT2D eigenvalue weighted by Gasteiger charge is -2.27. The molecule has 0 saturated carbocycles. The maximum Gasteiger partial charge on any atom is 0.407 e. The number of aromatic nitrogens is 2. The molecule has 0 aliphatic heterocycles. The van der Waals surface area contributed by atoms with Gasteiger partial charge in [-0.05, 0) is 35.1 Å². The highest BCUT2D eigenvalue weighted by Crippen LogP contribution is 2.44. The average molecular weight is 1080 g/mol. The molecule has 0 radical (unpaired) electrons. The normalized spacial score (nSPS) is 14.7. The summed E-state index contributed by atoms with van der Waals surface area (Å²) in [6, 6.07) is 2.37. The van der Waals surface area contributed by atoms with E-state index in [1.54, 1.807) is 0 Å². The smallest absolute Gasteiger partial charge is 0.407 e. The highest BCUT2D eigenvalue weighted by Gasteiger charge is 2.36. The Morgan fingerprint density at radius 2 is 1.08 bits per heavy atom. The van der Waals surface area contributed by atoms with Gasteiger partial charge in [0.15, 0.2) is 0 Å². The van der Waals surface area contributed by atoms with Crippen LogP contribution in [0.5, 0.6) is 0 Å². The number of nitrogens with one attached hydrogen (secondary N) is 10. The number of carboxylic acids is 2. The zero-order valence-electron chi connectivity index (χ0n) is 41.2. The molecule has 9 amide bonds. The molecule has 1 aliphatic carbocycles. The molecule has 0 unspecified atom stereocenters. The van der Waals surface area contributed by atoms with E-state index in [-0.39, 0.29) is 24.7 Å². The molecule has 1 aromatic heterocycles. The fourth-order valence-corrected chi connectivity index (χ4v) is 7.85. The number of aliphatic carboxylic acids is 2. The van der Waals surface area contributed by atoms with Crippen molar-refractivity contribution >= 4 is 77.9 Å². The molecule has 412 valence electrons. The Hall–Kier alpha value is -8.15. The van der Waals surface area contributed by atoms with Crippen molar-refractivity contribution in [1.29, 1.82) is 0 Å². The first-order valence-corrected chi connectivity index (χ1v) is 24.1. The molecule has 2 aromatic carbocycles. The number of imidazole rings is 1. The summed E-state index contributed by atoms with van der Waals surface area (Å²) in [6.45, 7) is 0.0340. The first-order chi connectivity index (χ1) is 36.1. The van der Waals surface area contributed by atoms with Crippen LogP contribution < -0.4 is 47.9 Å². The van der Waals surface area contributed by atoms with E-state index >= 15 is 0 Å².